The normalized spacial score (nSPS) is 11.1. The number of likely N-dealkylation sites (N-methyl/N-ethyl adjacent to an activating group) is 1. The minimum Gasteiger partial charge on any atom is -0.382 e. The fraction of sp³-hybridized carbons (Fsp3) is 0.750. The number of nitrogens with one attached hydrogen (secondary N) is 1. The highest BCUT2D eigenvalue weighted by molar-refractivity contribution is 5.25. The Kier molecular flexibility index (Phi) is 6.65. The van der Waals surface area contributed by atoms with E-state index in [9.17, 15) is 0 Å². The number of anilines is 1. The number of nitrogens with zero attached hydrogens (tertiary/aromatic N) is 3. The number of aromatic nitrogens is 2. The third-order valence-corrected chi connectivity index (χ3v) is 2.46. The number of hydrogen-bond donors (Lipinski definition) is 1. The lowest BCUT2D eigenvalue weighted by Crippen LogP contribution is -2.19. The molecule has 1 N–H and O–H groups in total. The molecule has 0 bridgehead atoms. The minimum absolute atomic E-state index is 0.789. The Morgan fingerprint density at radius 3 is 3.00 bits per heavy atom. The van der Waals surface area contributed by atoms with Crippen molar-refractivity contribution < 1.29 is 4.74 Å². The van der Waals surface area contributed by atoms with Crippen LogP contribution in [0.1, 0.15) is 13.3 Å². The van der Waals surface area contributed by atoms with Crippen molar-refractivity contribution in [2.45, 2.75) is 19.9 Å². The summed E-state index contributed by atoms with van der Waals surface area (Å²) in [5, 5.41) is 3.33. The van der Waals surface area contributed by atoms with Crippen molar-refractivity contribution in [2.24, 2.45) is 0 Å². The molecule has 0 radical (unpaired) electrons. The van der Waals surface area contributed by atoms with Crippen LogP contribution in [0.15, 0.2) is 12.4 Å². The monoisotopic (exact) mass is 240 g/mol. The van der Waals surface area contributed by atoms with E-state index in [1.807, 2.05) is 19.3 Å². The Labute approximate surface area is 104 Å². The number of ether oxygens (including phenoxy) is 1. The molecule has 0 aromatic carbocycles. The van der Waals surface area contributed by atoms with E-state index in [0.29, 0.717) is 0 Å². The molecule has 98 valence electrons. The second-order valence-corrected chi connectivity index (χ2v) is 4.22. The van der Waals surface area contributed by atoms with Crippen LogP contribution in [0.4, 0.5) is 5.95 Å². The van der Waals surface area contributed by atoms with E-state index in [-0.39, 0.29) is 0 Å². The van der Waals surface area contributed by atoms with Gasteiger partial charge in [0.05, 0.1) is 0 Å². The summed E-state index contributed by atoms with van der Waals surface area (Å²) in [4.78, 5) is 6.47. The van der Waals surface area contributed by atoms with E-state index in [0.717, 1.165) is 45.2 Å². The maximum absolute atomic E-state index is 5.29. The summed E-state index contributed by atoms with van der Waals surface area (Å²) in [6.07, 6.45) is 4.85. The van der Waals surface area contributed by atoms with Crippen molar-refractivity contribution in [3.05, 3.63) is 12.4 Å². The van der Waals surface area contributed by atoms with Gasteiger partial charge in [0.2, 0.25) is 5.95 Å². The lowest BCUT2D eigenvalue weighted by Gasteiger charge is -2.13. The molecule has 1 aromatic rings. The predicted octanol–water partition coefficient (Wildman–Crippen LogP) is 1.28. The summed E-state index contributed by atoms with van der Waals surface area (Å²) in [7, 11) is 4.15. The SMILES string of the molecule is CCOCCCNc1nccn1CCN(C)C. The van der Waals surface area contributed by atoms with Crippen molar-refractivity contribution in [1.29, 1.82) is 0 Å². The molecular formula is C12H24N4O. The van der Waals surface area contributed by atoms with Crippen LogP contribution in [0.5, 0.6) is 0 Å². The Balaban J connectivity index is 2.25. The zero-order chi connectivity index (χ0) is 12.5. The molecule has 1 rings (SSSR count). The van der Waals surface area contributed by atoms with Crippen molar-refractivity contribution in [3.63, 3.8) is 0 Å². The van der Waals surface area contributed by atoms with E-state index < -0.39 is 0 Å². The summed E-state index contributed by atoms with van der Waals surface area (Å²) in [5.74, 6) is 0.948. The van der Waals surface area contributed by atoms with Gasteiger partial charge in [-0.25, -0.2) is 4.98 Å². The minimum atomic E-state index is 0.789. The van der Waals surface area contributed by atoms with Crippen LogP contribution in [0, 0.1) is 0 Å². The summed E-state index contributed by atoms with van der Waals surface area (Å²) >= 11 is 0. The molecule has 0 amide bonds. The Bertz CT molecular complexity index is 298. The van der Waals surface area contributed by atoms with Crippen molar-refractivity contribution in [2.75, 3.05) is 45.7 Å². The van der Waals surface area contributed by atoms with E-state index in [4.69, 9.17) is 4.74 Å². The third-order valence-electron chi connectivity index (χ3n) is 2.46. The molecule has 0 aliphatic rings. The van der Waals surface area contributed by atoms with Gasteiger partial charge in [-0.15, -0.1) is 0 Å². The molecule has 5 heteroatoms. The number of hydrogen-bond acceptors (Lipinski definition) is 4. The van der Waals surface area contributed by atoms with Gasteiger partial charge in [-0.2, -0.15) is 0 Å². The largest absolute Gasteiger partial charge is 0.382 e. The first-order chi connectivity index (χ1) is 8.24. The van der Waals surface area contributed by atoms with Gasteiger partial charge < -0.3 is 19.5 Å². The molecule has 0 atom stereocenters. The van der Waals surface area contributed by atoms with E-state index in [1.54, 1.807) is 0 Å². The fourth-order valence-electron chi connectivity index (χ4n) is 1.48. The van der Waals surface area contributed by atoms with Crippen LogP contribution in [0.3, 0.4) is 0 Å². The van der Waals surface area contributed by atoms with Crippen molar-refractivity contribution in [3.8, 4) is 0 Å². The van der Waals surface area contributed by atoms with Gasteiger partial charge in [0.15, 0.2) is 0 Å². The first-order valence-corrected chi connectivity index (χ1v) is 6.21. The van der Waals surface area contributed by atoms with Gasteiger partial charge in [-0.3, -0.25) is 0 Å². The molecule has 0 fully saturated rings. The zero-order valence-electron chi connectivity index (χ0n) is 11.1. The lowest BCUT2D eigenvalue weighted by atomic mass is 10.4. The van der Waals surface area contributed by atoms with E-state index in [1.165, 1.54) is 0 Å². The van der Waals surface area contributed by atoms with Crippen LogP contribution in [-0.2, 0) is 11.3 Å². The maximum atomic E-state index is 5.29. The van der Waals surface area contributed by atoms with Crippen LogP contribution in [0.25, 0.3) is 0 Å². The molecule has 0 spiro atoms. The molecular weight excluding hydrogens is 216 g/mol. The van der Waals surface area contributed by atoms with Gasteiger partial charge in [-0.1, -0.05) is 0 Å². The maximum Gasteiger partial charge on any atom is 0.202 e. The Hall–Kier alpha value is -1.07. The van der Waals surface area contributed by atoms with Crippen molar-refractivity contribution in [1.82, 2.24) is 14.5 Å². The average Bonchev–Trinajstić information content (AvgIpc) is 2.73. The van der Waals surface area contributed by atoms with Crippen LogP contribution >= 0.6 is 0 Å². The molecule has 0 saturated carbocycles. The smallest absolute Gasteiger partial charge is 0.202 e. The molecule has 5 nitrogen and oxygen atoms in total. The second-order valence-electron chi connectivity index (χ2n) is 4.22. The summed E-state index contributed by atoms with van der Waals surface area (Å²) in [6, 6.07) is 0. The molecule has 0 unspecified atom stereocenters. The van der Waals surface area contributed by atoms with Crippen LogP contribution < -0.4 is 5.32 Å². The van der Waals surface area contributed by atoms with Gasteiger partial charge in [0.25, 0.3) is 0 Å². The molecule has 0 saturated heterocycles. The topological polar surface area (TPSA) is 42.3 Å². The highest BCUT2D eigenvalue weighted by Gasteiger charge is 2.01. The highest BCUT2D eigenvalue weighted by Crippen LogP contribution is 2.04. The summed E-state index contributed by atoms with van der Waals surface area (Å²) in [5.41, 5.74) is 0. The van der Waals surface area contributed by atoms with E-state index >= 15 is 0 Å². The van der Waals surface area contributed by atoms with E-state index in [2.05, 4.69) is 33.9 Å². The van der Waals surface area contributed by atoms with Gasteiger partial charge in [-0.05, 0) is 27.4 Å². The molecule has 17 heavy (non-hydrogen) atoms. The highest BCUT2D eigenvalue weighted by atomic mass is 16.5. The zero-order valence-corrected chi connectivity index (χ0v) is 11.1. The molecule has 1 aromatic heterocycles. The Morgan fingerprint density at radius 2 is 2.29 bits per heavy atom. The van der Waals surface area contributed by atoms with Crippen LogP contribution in [-0.4, -0.2) is 54.8 Å². The Morgan fingerprint density at radius 1 is 1.47 bits per heavy atom. The van der Waals surface area contributed by atoms with Crippen molar-refractivity contribution >= 4 is 5.95 Å². The predicted molar refractivity (Wildman–Crippen MR) is 70.4 cm³/mol. The molecule has 0 aliphatic heterocycles. The molecule has 0 aliphatic carbocycles. The van der Waals surface area contributed by atoms with Gasteiger partial charge >= 0.3 is 0 Å². The lowest BCUT2D eigenvalue weighted by molar-refractivity contribution is 0.147. The van der Waals surface area contributed by atoms with Gasteiger partial charge in [0.1, 0.15) is 0 Å². The first kappa shape index (κ1) is 14.0. The van der Waals surface area contributed by atoms with Gasteiger partial charge in [0, 0.05) is 45.2 Å². The fourth-order valence-corrected chi connectivity index (χ4v) is 1.48. The third kappa shape index (κ3) is 5.70. The second kappa shape index (κ2) is 8.08. The summed E-state index contributed by atoms with van der Waals surface area (Å²) in [6.45, 7) is 6.49. The van der Waals surface area contributed by atoms with Crippen LogP contribution in [0.2, 0.25) is 0 Å². The quantitative estimate of drug-likeness (QED) is 0.660. The summed E-state index contributed by atoms with van der Waals surface area (Å²) < 4.78 is 7.43. The number of rotatable bonds is 9. The first-order valence-electron chi connectivity index (χ1n) is 6.21. The number of imidazole rings is 1. The standard InChI is InChI=1S/C12H24N4O/c1-4-17-11-5-6-13-12-14-7-8-16(12)10-9-15(2)3/h7-8H,4-6,9-11H2,1-3H3,(H,13,14). The average molecular weight is 240 g/mol. The molecule has 1 heterocycles.